The second kappa shape index (κ2) is 2.81. The lowest BCUT2D eigenvalue weighted by Crippen LogP contribution is -2.15. The van der Waals surface area contributed by atoms with Gasteiger partial charge in [-0.15, -0.1) is 0 Å². The van der Waals surface area contributed by atoms with Crippen LogP contribution in [0.4, 0.5) is 0 Å². The molecule has 0 aromatic rings. The molecule has 0 fully saturated rings. The maximum absolute atomic E-state index is 8.01. The lowest BCUT2D eigenvalue weighted by atomic mass is 10.3. The number of ether oxygens (including phenoxy) is 1. The highest BCUT2D eigenvalue weighted by Crippen LogP contribution is 2.02. The van der Waals surface area contributed by atoms with Crippen molar-refractivity contribution >= 4 is 0 Å². The minimum Gasteiger partial charge on any atom is -0.346 e. The van der Waals surface area contributed by atoms with Gasteiger partial charge >= 0.3 is 0 Å². The molecule has 0 radical (unpaired) electrons. The van der Waals surface area contributed by atoms with Crippen molar-refractivity contribution < 1.29 is 14.9 Å². The van der Waals surface area contributed by atoms with E-state index in [1.165, 1.54) is 0 Å². The fourth-order valence-corrected chi connectivity index (χ4v) is 0.581. The summed E-state index contributed by atoms with van der Waals surface area (Å²) in [6.07, 6.45) is 3.94. The molecule has 0 aromatic carbocycles. The molecule has 1 aliphatic heterocycles. The maximum atomic E-state index is 8.01. The van der Waals surface area contributed by atoms with Gasteiger partial charge in [0.25, 0.3) is 0 Å². The molecule has 0 saturated heterocycles. The highest BCUT2D eigenvalue weighted by atomic mass is 17.1. The molecule has 1 rings (SSSR count). The molecule has 0 unspecified atom stereocenters. The Bertz CT molecular complexity index is 89.7. The third-order valence-electron chi connectivity index (χ3n) is 0.964. The topological polar surface area (TPSA) is 38.7 Å². The van der Waals surface area contributed by atoms with Crippen LogP contribution in [0.5, 0.6) is 0 Å². The number of hydrogen-bond acceptors (Lipinski definition) is 3. The van der Waals surface area contributed by atoms with E-state index in [0.29, 0.717) is 6.61 Å². The van der Waals surface area contributed by atoms with E-state index in [1.54, 1.807) is 6.08 Å². The first-order valence-corrected chi connectivity index (χ1v) is 2.52. The van der Waals surface area contributed by atoms with Crippen LogP contribution in [0.15, 0.2) is 12.2 Å². The molecule has 0 aliphatic carbocycles. The highest BCUT2D eigenvalue weighted by Gasteiger charge is 2.05. The van der Waals surface area contributed by atoms with Gasteiger partial charge in [0, 0.05) is 0 Å². The molecule has 3 heteroatoms. The lowest BCUT2D eigenvalue weighted by molar-refractivity contribution is -0.330. The van der Waals surface area contributed by atoms with Crippen LogP contribution in [0.1, 0.15) is 6.42 Å². The molecule has 0 spiro atoms. The molecule has 1 heterocycles. The van der Waals surface area contributed by atoms with E-state index in [1.807, 2.05) is 6.08 Å². The minimum atomic E-state index is -0.538. The Morgan fingerprint density at radius 1 is 1.75 bits per heavy atom. The van der Waals surface area contributed by atoms with Crippen molar-refractivity contribution in [3.05, 3.63) is 12.2 Å². The summed E-state index contributed by atoms with van der Waals surface area (Å²) in [4.78, 5) is 3.88. The van der Waals surface area contributed by atoms with Crippen LogP contribution in [0.2, 0.25) is 0 Å². The SMILES string of the molecule is OO[C@H]1C=CCCO1. The van der Waals surface area contributed by atoms with Gasteiger partial charge in [-0.25, -0.2) is 10.1 Å². The summed E-state index contributed by atoms with van der Waals surface area (Å²) in [6, 6.07) is 0. The van der Waals surface area contributed by atoms with Crippen LogP contribution < -0.4 is 0 Å². The standard InChI is InChI=1S/C5H8O3/c6-8-5-3-1-2-4-7-5/h1,3,5-6H,2,4H2/t5-/m0/s1. The van der Waals surface area contributed by atoms with Gasteiger partial charge in [-0.2, -0.15) is 0 Å². The Labute approximate surface area is 47.5 Å². The Morgan fingerprint density at radius 2 is 2.62 bits per heavy atom. The third-order valence-corrected chi connectivity index (χ3v) is 0.964. The molecule has 3 nitrogen and oxygen atoms in total. The Morgan fingerprint density at radius 3 is 3.00 bits per heavy atom. The van der Waals surface area contributed by atoms with Gasteiger partial charge in [-0.05, 0) is 12.5 Å². The van der Waals surface area contributed by atoms with Gasteiger partial charge < -0.3 is 4.74 Å². The molecule has 1 atom stereocenters. The second-order valence-corrected chi connectivity index (χ2v) is 1.56. The zero-order valence-electron chi connectivity index (χ0n) is 4.41. The van der Waals surface area contributed by atoms with Gasteiger partial charge in [-0.3, -0.25) is 0 Å². The normalized spacial score (nSPS) is 28.4. The first-order chi connectivity index (χ1) is 3.93. The molecule has 0 amide bonds. The summed E-state index contributed by atoms with van der Waals surface area (Å²) in [5.41, 5.74) is 0. The van der Waals surface area contributed by atoms with Crippen molar-refractivity contribution in [2.75, 3.05) is 6.61 Å². The van der Waals surface area contributed by atoms with Gasteiger partial charge in [0.2, 0.25) is 6.29 Å². The van der Waals surface area contributed by atoms with Crippen molar-refractivity contribution in [2.24, 2.45) is 0 Å². The van der Waals surface area contributed by atoms with Gasteiger partial charge in [0.05, 0.1) is 6.61 Å². The zero-order valence-corrected chi connectivity index (χ0v) is 4.41. The van der Waals surface area contributed by atoms with Crippen molar-refractivity contribution in [2.45, 2.75) is 12.7 Å². The van der Waals surface area contributed by atoms with E-state index in [0.717, 1.165) is 6.42 Å². The summed E-state index contributed by atoms with van der Waals surface area (Å²) in [6.45, 7) is 0.627. The summed E-state index contributed by atoms with van der Waals surface area (Å²) in [7, 11) is 0. The molecule has 46 valence electrons. The zero-order chi connectivity index (χ0) is 5.82. The molecular formula is C5H8O3. The van der Waals surface area contributed by atoms with Crippen molar-refractivity contribution in [1.82, 2.24) is 0 Å². The Balaban J connectivity index is 2.32. The first kappa shape index (κ1) is 5.75. The van der Waals surface area contributed by atoms with Crippen LogP contribution in [0.25, 0.3) is 0 Å². The van der Waals surface area contributed by atoms with Gasteiger partial charge in [-0.1, -0.05) is 6.08 Å². The van der Waals surface area contributed by atoms with Crippen LogP contribution in [0, 0.1) is 0 Å². The van der Waals surface area contributed by atoms with Crippen LogP contribution >= 0.6 is 0 Å². The molecular weight excluding hydrogens is 108 g/mol. The van der Waals surface area contributed by atoms with Crippen LogP contribution in [-0.2, 0) is 9.62 Å². The monoisotopic (exact) mass is 116 g/mol. The maximum Gasteiger partial charge on any atom is 0.210 e. The van der Waals surface area contributed by atoms with E-state index in [9.17, 15) is 0 Å². The molecule has 1 aliphatic rings. The summed E-state index contributed by atoms with van der Waals surface area (Å²) >= 11 is 0. The number of hydrogen-bond donors (Lipinski definition) is 1. The quantitative estimate of drug-likeness (QED) is 0.312. The third kappa shape index (κ3) is 1.30. The van der Waals surface area contributed by atoms with E-state index in [2.05, 4.69) is 4.89 Å². The highest BCUT2D eigenvalue weighted by molar-refractivity contribution is 4.87. The molecule has 0 bridgehead atoms. The average Bonchev–Trinajstić information content (AvgIpc) is 1.90. The van der Waals surface area contributed by atoms with Crippen molar-refractivity contribution in [3.8, 4) is 0 Å². The van der Waals surface area contributed by atoms with Crippen molar-refractivity contribution in [3.63, 3.8) is 0 Å². The number of rotatable bonds is 1. The summed E-state index contributed by atoms with van der Waals surface area (Å²) in [5, 5.41) is 8.01. The van der Waals surface area contributed by atoms with Crippen LogP contribution in [0.3, 0.4) is 0 Å². The molecule has 1 N–H and O–H groups in total. The molecule has 0 saturated carbocycles. The predicted octanol–water partition coefficient (Wildman–Crippen LogP) is 0.779. The largest absolute Gasteiger partial charge is 0.346 e. The minimum absolute atomic E-state index is 0.538. The second-order valence-electron chi connectivity index (χ2n) is 1.56. The molecule has 8 heavy (non-hydrogen) atoms. The van der Waals surface area contributed by atoms with E-state index < -0.39 is 6.29 Å². The van der Waals surface area contributed by atoms with Gasteiger partial charge in [0.15, 0.2) is 0 Å². The first-order valence-electron chi connectivity index (χ1n) is 2.52. The fraction of sp³-hybridized carbons (Fsp3) is 0.600. The summed E-state index contributed by atoms with van der Waals surface area (Å²) < 4.78 is 4.87. The van der Waals surface area contributed by atoms with Gasteiger partial charge in [0.1, 0.15) is 0 Å². The van der Waals surface area contributed by atoms with E-state index >= 15 is 0 Å². The van der Waals surface area contributed by atoms with Crippen molar-refractivity contribution in [1.29, 1.82) is 0 Å². The Kier molecular flexibility index (Phi) is 2.02. The average molecular weight is 116 g/mol. The lowest BCUT2D eigenvalue weighted by Gasteiger charge is -2.12. The smallest absolute Gasteiger partial charge is 0.210 e. The molecule has 0 aromatic heterocycles. The Hall–Kier alpha value is -0.380. The van der Waals surface area contributed by atoms with Crippen LogP contribution in [-0.4, -0.2) is 18.2 Å². The van der Waals surface area contributed by atoms with E-state index in [4.69, 9.17) is 9.99 Å². The predicted molar refractivity (Wildman–Crippen MR) is 27.2 cm³/mol. The summed E-state index contributed by atoms with van der Waals surface area (Å²) in [5.74, 6) is 0. The fourth-order valence-electron chi connectivity index (χ4n) is 0.581. The van der Waals surface area contributed by atoms with E-state index in [-0.39, 0.29) is 0 Å².